The van der Waals surface area contributed by atoms with Gasteiger partial charge in [-0.15, -0.1) is 0 Å². The van der Waals surface area contributed by atoms with Gasteiger partial charge < -0.3 is 24.7 Å². The van der Waals surface area contributed by atoms with E-state index >= 15 is 0 Å². The van der Waals surface area contributed by atoms with Crippen LogP contribution in [0.1, 0.15) is 33.9 Å². The van der Waals surface area contributed by atoms with Crippen LogP contribution in [0.3, 0.4) is 0 Å². The number of carbonyl (C=O) groups excluding carboxylic acids is 1. The highest BCUT2D eigenvalue weighted by Crippen LogP contribution is 2.38. The zero-order valence-electron chi connectivity index (χ0n) is 16.6. The van der Waals surface area contributed by atoms with Crippen LogP contribution in [0.2, 0.25) is 18.1 Å². The van der Waals surface area contributed by atoms with Gasteiger partial charge in [-0.3, -0.25) is 9.36 Å². The Labute approximate surface area is 159 Å². The second kappa shape index (κ2) is 7.70. The molecule has 152 valence electrons. The Bertz CT molecular complexity index is 745. The number of esters is 1. The molecular weight excluding hydrogens is 370 g/mol. The lowest BCUT2D eigenvalue weighted by Gasteiger charge is -2.37. The lowest BCUT2D eigenvalue weighted by atomic mass is 10.1. The Morgan fingerprint density at radius 3 is 2.59 bits per heavy atom. The van der Waals surface area contributed by atoms with E-state index in [0.29, 0.717) is 0 Å². The monoisotopic (exact) mass is 399 g/mol. The molecule has 0 spiro atoms. The van der Waals surface area contributed by atoms with Crippen molar-refractivity contribution in [2.75, 3.05) is 12.3 Å². The van der Waals surface area contributed by atoms with E-state index in [-0.39, 0.29) is 17.5 Å². The number of aliphatic hydroxyl groups is 1. The van der Waals surface area contributed by atoms with Crippen LogP contribution in [0.5, 0.6) is 0 Å². The van der Waals surface area contributed by atoms with Gasteiger partial charge in [0.15, 0.2) is 20.6 Å². The summed E-state index contributed by atoms with van der Waals surface area (Å²) < 4.78 is 18.4. The molecule has 0 saturated carbocycles. The number of anilines is 1. The third-order valence-corrected chi connectivity index (χ3v) is 9.66. The molecule has 10 heteroatoms. The lowest BCUT2D eigenvalue weighted by Crippen LogP contribution is -2.45. The van der Waals surface area contributed by atoms with E-state index in [4.69, 9.17) is 19.6 Å². The van der Waals surface area contributed by atoms with Crippen molar-refractivity contribution in [3.63, 3.8) is 0 Å². The summed E-state index contributed by atoms with van der Waals surface area (Å²) in [5.41, 5.74) is 4.86. The topological polar surface area (TPSA) is 126 Å². The summed E-state index contributed by atoms with van der Waals surface area (Å²) in [7, 11) is -2.07. The van der Waals surface area contributed by atoms with Gasteiger partial charge in [-0.25, -0.2) is 4.79 Å². The van der Waals surface area contributed by atoms with Gasteiger partial charge in [-0.1, -0.05) is 20.8 Å². The van der Waals surface area contributed by atoms with E-state index in [1.165, 1.54) is 19.2 Å². The molecule has 0 radical (unpaired) electrons. The molecule has 1 saturated heterocycles. The fourth-order valence-corrected chi connectivity index (χ4v) is 3.54. The van der Waals surface area contributed by atoms with Crippen molar-refractivity contribution in [3.05, 3.63) is 22.7 Å². The summed E-state index contributed by atoms with van der Waals surface area (Å²) in [6.07, 6.45) is -2.57. The van der Waals surface area contributed by atoms with Crippen LogP contribution >= 0.6 is 0 Å². The van der Waals surface area contributed by atoms with Crippen molar-refractivity contribution in [1.29, 1.82) is 0 Å². The van der Waals surface area contributed by atoms with Crippen molar-refractivity contribution >= 4 is 20.1 Å². The Morgan fingerprint density at radius 2 is 2.07 bits per heavy atom. The number of ether oxygens (including phenoxy) is 2. The molecule has 0 aliphatic carbocycles. The van der Waals surface area contributed by atoms with E-state index in [1.54, 1.807) is 0 Å². The minimum atomic E-state index is -2.07. The van der Waals surface area contributed by atoms with Gasteiger partial charge in [-0.05, 0) is 24.2 Å². The molecule has 2 rings (SSSR count). The average Bonchev–Trinajstić information content (AvgIpc) is 2.80. The maximum atomic E-state index is 12.2. The number of rotatable bonds is 5. The minimum Gasteiger partial charge on any atom is -0.455 e. The average molecular weight is 400 g/mol. The summed E-state index contributed by atoms with van der Waals surface area (Å²) in [4.78, 5) is 27.3. The van der Waals surface area contributed by atoms with E-state index in [0.717, 1.165) is 4.57 Å². The zero-order chi connectivity index (χ0) is 20.6. The van der Waals surface area contributed by atoms with Crippen LogP contribution < -0.4 is 11.4 Å². The van der Waals surface area contributed by atoms with Crippen molar-refractivity contribution in [2.45, 2.75) is 70.4 Å². The standard InChI is InChI=1S/C17H29N3O6Si/c1-10(21)25-14-13(22)11(9-24-27(5,6)17(2,3)4)26-15(14)20-8-7-12(18)19-16(20)23/h7-8,11,13-15,22H,9H2,1-6H3,(H2,18,19,23)/t11-,13-,14-,15-/m1/s1. The Kier molecular flexibility index (Phi) is 6.15. The first kappa shape index (κ1) is 21.5. The van der Waals surface area contributed by atoms with E-state index in [2.05, 4.69) is 38.8 Å². The SMILES string of the molecule is CC(=O)O[C@@H]1[C@H](O)[C@@H](CO[Si](C)(C)C(C)(C)C)O[C@H]1n1ccc(N)nc1=O. The fourth-order valence-electron chi connectivity index (χ4n) is 2.53. The van der Waals surface area contributed by atoms with Crippen molar-refractivity contribution in [2.24, 2.45) is 0 Å². The molecule has 27 heavy (non-hydrogen) atoms. The Morgan fingerprint density at radius 1 is 1.44 bits per heavy atom. The molecule has 1 fully saturated rings. The highest BCUT2D eigenvalue weighted by atomic mass is 28.4. The second-order valence-electron chi connectivity index (χ2n) is 8.24. The molecule has 0 amide bonds. The van der Waals surface area contributed by atoms with Gasteiger partial charge in [0.1, 0.15) is 18.0 Å². The number of hydrogen-bond acceptors (Lipinski definition) is 8. The summed E-state index contributed by atoms with van der Waals surface area (Å²) >= 11 is 0. The third-order valence-electron chi connectivity index (χ3n) is 5.16. The minimum absolute atomic E-state index is 0.0109. The number of nitrogens with two attached hydrogens (primary N) is 1. The number of nitrogens with zero attached hydrogens (tertiary/aromatic N) is 2. The molecule has 1 aromatic heterocycles. The maximum Gasteiger partial charge on any atom is 0.351 e. The Balaban J connectivity index is 2.25. The van der Waals surface area contributed by atoms with Gasteiger partial charge in [0, 0.05) is 13.1 Å². The Hall–Kier alpha value is -1.75. The number of hydrogen-bond donors (Lipinski definition) is 2. The molecular formula is C17H29N3O6Si. The molecule has 2 heterocycles. The molecule has 1 aliphatic heterocycles. The van der Waals surface area contributed by atoms with E-state index in [9.17, 15) is 14.7 Å². The number of aliphatic hydroxyl groups excluding tert-OH is 1. The van der Waals surface area contributed by atoms with Crippen molar-refractivity contribution in [1.82, 2.24) is 9.55 Å². The quantitative estimate of drug-likeness (QED) is 0.555. The lowest BCUT2D eigenvalue weighted by molar-refractivity contribution is -0.156. The highest BCUT2D eigenvalue weighted by Gasteiger charge is 2.48. The van der Waals surface area contributed by atoms with Crippen LogP contribution in [0, 0.1) is 0 Å². The summed E-state index contributed by atoms with van der Waals surface area (Å²) in [5.74, 6) is -0.522. The molecule has 0 bridgehead atoms. The van der Waals surface area contributed by atoms with Gasteiger partial charge in [0.2, 0.25) is 0 Å². The maximum absolute atomic E-state index is 12.2. The molecule has 1 aromatic rings. The number of aromatic nitrogens is 2. The van der Waals surface area contributed by atoms with Crippen LogP contribution in [0.25, 0.3) is 0 Å². The largest absolute Gasteiger partial charge is 0.455 e. The van der Waals surface area contributed by atoms with Gasteiger partial charge in [0.05, 0.1) is 6.61 Å². The predicted molar refractivity (Wildman–Crippen MR) is 102 cm³/mol. The van der Waals surface area contributed by atoms with Gasteiger partial charge in [-0.2, -0.15) is 4.98 Å². The van der Waals surface area contributed by atoms with Gasteiger partial charge in [0.25, 0.3) is 0 Å². The molecule has 4 atom stereocenters. The summed E-state index contributed by atoms with van der Waals surface area (Å²) in [5, 5.41) is 10.6. The van der Waals surface area contributed by atoms with E-state index in [1.807, 2.05) is 0 Å². The highest BCUT2D eigenvalue weighted by molar-refractivity contribution is 6.74. The molecule has 1 aliphatic rings. The first-order chi connectivity index (χ1) is 12.3. The smallest absolute Gasteiger partial charge is 0.351 e. The van der Waals surface area contributed by atoms with Gasteiger partial charge >= 0.3 is 11.7 Å². The van der Waals surface area contributed by atoms with Crippen LogP contribution in [-0.2, 0) is 18.7 Å². The van der Waals surface area contributed by atoms with Crippen molar-refractivity contribution < 1.29 is 23.8 Å². The molecule has 9 nitrogen and oxygen atoms in total. The number of nitrogen functional groups attached to an aromatic ring is 1. The normalized spacial score (nSPS) is 26.2. The summed E-state index contributed by atoms with van der Waals surface area (Å²) in [6, 6.07) is 1.43. The second-order valence-corrected chi connectivity index (χ2v) is 13.1. The van der Waals surface area contributed by atoms with Crippen LogP contribution in [-0.4, -0.2) is 53.9 Å². The third kappa shape index (κ3) is 4.75. The first-order valence-corrected chi connectivity index (χ1v) is 11.7. The van der Waals surface area contributed by atoms with Crippen LogP contribution in [0.15, 0.2) is 17.1 Å². The molecule has 0 aromatic carbocycles. The zero-order valence-corrected chi connectivity index (χ0v) is 17.6. The molecule has 3 N–H and O–H groups in total. The predicted octanol–water partition coefficient (Wildman–Crippen LogP) is 1.04. The summed E-state index contributed by atoms with van der Waals surface area (Å²) in [6.45, 7) is 11.9. The van der Waals surface area contributed by atoms with Crippen molar-refractivity contribution in [3.8, 4) is 0 Å². The van der Waals surface area contributed by atoms with E-state index < -0.39 is 44.5 Å². The fraction of sp³-hybridized carbons (Fsp3) is 0.706. The molecule has 0 unspecified atom stereocenters. The van der Waals surface area contributed by atoms with Crippen LogP contribution in [0.4, 0.5) is 5.82 Å². The number of carbonyl (C=O) groups is 1. The first-order valence-electron chi connectivity index (χ1n) is 8.83.